The first-order chi connectivity index (χ1) is 15.2. The number of amides is 1. The van der Waals surface area contributed by atoms with E-state index in [9.17, 15) is 22.8 Å². The van der Waals surface area contributed by atoms with Gasteiger partial charge in [-0.3, -0.25) is 4.79 Å². The molecule has 0 bridgehead atoms. The monoisotopic (exact) mass is 461 g/mol. The third-order valence-corrected chi connectivity index (χ3v) is 5.82. The number of carbonyl (C=O) groups excluding carboxylic acids is 1. The van der Waals surface area contributed by atoms with E-state index in [0.29, 0.717) is 24.2 Å². The van der Waals surface area contributed by atoms with Gasteiger partial charge in [0.25, 0.3) is 0 Å². The van der Waals surface area contributed by atoms with Crippen molar-refractivity contribution < 1.29 is 32.6 Å². The SMILES string of the molecule is CCN1C(=O)CC(C)(C)c2cc(C)c(-c3ccc(/C=C(\C)C(=O)O)cc3OC(F)(F)F)cc21. The van der Waals surface area contributed by atoms with Crippen molar-refractivity contribution in [2.45, 2.75) is 52.8 Å². The van der Waals surface area contributed by atoms with Gasteiger partial charge >= 0.3 is 12.3 Å². The van der Waals surface area contributed by atoms with Gasteiger partial charge in [-0.2, -0.15) is 0 Å². The largest absolute Gasteiger partial charge is 0.573 e. The highest BCUT2D eigenvalue weighted by Gasteiger charge is 2.37. The van der Waals surface area contributed by atoms with Crippen molar-refractivity contribution in [3.05, 3.63) is 52.6 Å². The number of carboxylic acid groups (broad SMARTS) is 1. The summed E-state index contributed by atoms with van der Waals surface area (Å²) in [6.45, 7) is 9.39. The summed E-state index contributed by atoms with van der Waals surface area (Å²) in [4.78, 5) is 25.4. The summed E-state index contributed by atoms with van der Waals surface area (Å²) in [5, 5.41) is 9.08. The summed E-state index contributed by atoms with van der Waals surface area (Å²) < 4.78 is 44.0. The van der Waals surface area contributed by atoms with Crippen LogP contribution < -0.4 is 9.64 Å². The summed E-state index contributed by atoms with van der Waals surface area (Å²) in [6, 6.07) is 7.84. The lowest BCUT2D eigenvalue weighted by Crippen LogP contribution is -2.41. The maximum Gasteiger partial charge on any atom is 0.573 e. The standard InChI is InChI=1S/C25H26F3NO4/c1-6-29-20-12-18(14(2)10-19(20)24(4,5)13-22(29)30)17-8-7-16(9-15(3)23(31)32)11-21(17)33-25(26,27)28/h7-12H,6,13H2,1-5H3,(H,31,32)/b15-9+. The third kappa shape index (κ3) is 5.05. The fourth-order valence-corrected chi connectivity index (χ4v) is 4.17. The van der Waals surface area contributed by atoms with Crippen molar-refractivity contribution in [1.29, 1.82) is 0 Å². The molecule has 2 aromatic carbocycles. The van der Waals surface area contributed by atoms with E-state index < -0.39 is 23.5 Å². The number of aryl methyl sites for hydroxylation is 1. The third-order valence-electron chi connectivity index (χ3n) is 5.82. The van der Waals surface area contributed by atoms with Crippen LogP contribution in [0.15, 0.2) is 35.9 Å². The molecule has 0 saturated carbocycles. The fourth-order valence-electron chi connectivity index (χ4n) is 4.17. The molecule has 0 spiro atoms. The average molecular weight is 461 g/mol. The molecule has 0 radical (unpaired) electrons. The molecule has 0 aromatic heterocycles. The number of carbonyl (C=O) groups is 2. The van der Waals surface area contributed by atoms with Crippen LogP contribution in [0.2, 0.25) is 0 Å². The number of hydrogen-bond acceptors (Lipinski definition) is 3. The Kier molecular flexibility index (Phi) is 6.33. The molecule has 0 saturated heterocycles. The van der Waals surface area contributed by atoms with Crippen molar-refractivity contribution in [2.24, 2.45) is 0 Å². The lowest BCUT2D eigenvalue weighted by molar-refractivity contribution is -0.274. The molecule has 2 aromatic rings. The van der Waals surface area contributed by atoms with Crippen LogP contribution >= 0.6 is 0 Å². The van der Waals surface area contributed by atoms with Gasteiger partial charge in [-0.05, 0) is 61.2 Å². The molecule has 0 unspecified atom stereocenters. The molecule has 1 heterocycles. The van der Waals surface area contributed by atoms with Gasteiger partial charge in [-0.15, -0.1) is 13.2 Å². The Morgan fingerprint density at radius 1 is 1.21 bits per heavy atom. The van der Waals surface area contributed by atoms with E-state index in [0.717, 1.165) is 11.1 Å². The fraction of sp³-hybridized carbons (Fsp3) is 0.360. The predicted molar refractivity (Wildman–Crippen MR) is 120 cm³/mol. The van der Waals surface area contributed by atoms with Gasteiger partial charge in [0.2, 0.25) is 5.91 Å². The topological polar surface area (TPSA) is 66.8 Å². The number of carboxylic acids is 1. The molecule has 0 aliphatic carbocycles. The number of ether oxygens (including phenoxy) is 1. The Hall–Kier alpha value is -3.29. The van der Waals surface area contributed by atoms with Gasteiger partial charge in [0, 0.05) is 35.2 Å². The second-order valence-electron chi connectivity index (χ2n) is 8.82. The Balaban J connectivity index is 2.23. The van der Waals surface area contributed by atoms with Crippen LogP contribution in [0.25, 0.3) is 17.2 Å². The Labute approximate surface area is 190 Å². The summed E-state index contributed by atoms with van der Waals surface area (Å²) in [5.41, 5.74) is 2.90. The zero-order chi connectivity index (χ0) is 24.7. The number of fused-ring (bicyclic) bond motifs is 1. The molecule has 8 heteroatoms. The maximum atomic E-state index is 13.2. The molecule has 33 heavy (non-hydrogen) atoms. The van der Waals surface area contributed by atoms with Gasteiger partial charge in [0.1, 0.15) is 5.75 Å². The summed E-state index contributed by atoms with van der Waals surface area (Å²) in [6.07, 6.45) is -3.32. The Morgan fingerprint density at radius 3 is 2.45 bits per heavy atom. The van der Waals surface area contributed by atoms with E-state index in [-0.39, 0.29) is 22.6 Å². The summed E-state index contributed by atoms with van der Waals surface area (Å²) >= 11 is 0. The Bertz CT molecular complexity index is 1150. The predicted octanol–water partition coefficient (Wildman–Crippen LogP) is 6.08. The number of nitrogens with zero attached hydrogens (tertiary/aromatic N) is 1. The van der Waals surface area contributed by atoms with Gasteiger partial charge < -0.3 is 14.7 Å². The number of benzene rings is 2. The highest BCUT2D eigenvalue weighted by atomic mass is 19.4. The normalized spacial score (nSPS) is 15.9. The van der Waals surface area contributed by atoms with Gasteiger partial charge in [0.05, 0.1) is 0 Å². The van der Waals surface area contributed by atoms with Crippen LogP contribution in [-0.2, 0) is 15.0 Å². The molecule has 1 aliphatic heterocycles. The van der Waals surface area contributed by atoms with Crippen LogP contribution in [0.5, 0.6) is 5.75 Å². The highest BCUT2D eigenvalue weighted by Crippen LogP contribution is 2.45. The first kappa shape index (κ1) is 24.4. The van der Waals surface area contributed by atoms with Crippen LogP contribution in [0.3, 0.4) is 0 Å². The molecular formula is C25H26F3NO4. The smallest absolute Gasteiger partial charge is 0.478 e. The van der Waals surface area contributed by atoms with Crippen LogP contribution in [0.4, 0.5) is 18.9 Å². The lowest BCUT2D eigenvalue weighted by Gasteiger charge is -2.39. The summed E-state index contributed by atoms with van der Waals surface area (Å²) in [7, 11) is 0. The average Bonchev–Trinajstić information content (AvgIpc) is 2.67. The maximum absolute atomic E-state index is 13.2. The first-order valence-corrected chi connectivity index (χ1v) is 10.5. The van der Waals surface area contributed by atoms with Crippen molar-refractivity contribution in [3.63, 3.8) is 0 Å². The van der Waals surface area contributed by atoms with E-state index in [2.05, 4.69) is 4.74 Å². The number of halogens is 3. The minimum atomic E-state index is -4.94. The van der Waals surface area contributed by atoms with Gasteiger partial charge in [-0.1, -0.05) is 32.0 Å². The number of anilines is 1. The van der Waals surface area contributed by atoms with E-state index >= 15 is 0 Å². The minimum Gasteiger partial charge on any atom is -0.478 e. The van der Waals surface area contributed by atoms with Crippen molar-refractivity contribution in [2.75, 3.05) is 11.4 Å². The summed E-state index contributed by atoms with van der Waals surface area (Å²) in [5.74, 6) is -1.65. The molecule has 0 atom stereocenters. The second kappa shape index (κ2) is 8.57. The number of rotatable bonds is 5. The quantitative estimate of drug-likeness (QED) is 0.548. The molecule has 5 nitrogen and oxygen atoms in total. The molecular weight excluding hydrogens is 435 g/mol. The zero-order valence-electron chi connectivity index (χ0n) is 19.1. The molecule has 3 rings (SSSR count). The van der Waals surface area contributed by atoms with Crippen molar-refractivity contribution in [3.8, 4) is 16.9 Å². The van der Waals surface area contributed by atoms with Crippen molar-refractivity contribution >= 4 is 23.6 Å². The number of alkyl halides is 3. The van der Waals surface area contributed by atoms with Gasteiger partial charge in [0.15, 0.2) is 0 Å². The molecule has 0 fully saturated rings. The van der Waals surface area contributed by atoms with Crippen LogP contribution in [-0.4, -0.2) is 29.9 Å². The zero-order valence-corrected chi connectivity index (χ0v) is 19.1. The van der Waals surface area contributed by atoms with Crippen LogP contribution in [0, 0.1) is 6.92 Å². The van der Waals surface area contributed by atoms with Crippen molar-refractivity contribution in [1.82, 2.24) is 0 Å². The molecule has 1 N–H and O–H groups in total. The van der Waals surface area contributed by atoms with E-state index in [1.165, 1.54) is 31.2 Å². The number of hydrogen-bond donors (Lipinski definition) is 1. The second-order valence-corrected chi connectivity index (χ2v) is 8.82. The minimum absolute atomic E-state index is 0.0231. The van der Waals surface area contributed by atoms with E-state index in [4.69, 9.17) is 5.11 Å². The lowest BCUT2D eigenvalue weighted by atomic mass is 9.75. The molecule has 1 amide bonds. The molecule has 1 aliphatic rings. The number of aliphatic carboxylic acids is 1. The highest BCUT2D eigenvalue weighted by molar-refractivity contribution is 5.99. The first-order valence-electron chi connectivity index (χ1n) is 10.5. The van der Waals surface area contributed by atoms with Gasteiger partial charge in [-0.25, -0.2) is 4.79 Å². The van der Waals surface area contributed by atoms with E-state index in [1.54, 1.807) is 17.9 Å². The van der Waals surface area contributed by atoms with E-state index in [1.807, 2.05) is 26.8 Å². The Morgan fingerprint density at radius 2 is 1.88 bits per heavy atom. The van der Waals surface area contributed by atoms with Crippen LogP contribution in [0.1, 0.15) is 50.8 Å². The molecule has 176 valence electrons.